The number of amides is 1. The first kappa shape index (κ1) is 19.6. The summed E-state index contributed by atoms with van der Waals surface area (Å²) in [6.07, 6.45) is 0.490. The van der Waals surface area contributed by atoms with Crippen LogP contribution in [0.2, 0.25) is 0 Å². The summed E-state index contributed by atoms with van der Waals surface area (Å²) in [4.78, 5) is 32.5. The van der Waals surface area contributed by atoms with Gasteiger partial charge in [0, 0.05) is 6.07 Å². The fourth-order valence-corrected chi connectivity index (χ4v) is 2.53. The molecule has 0 saturated carbocycles. The number of carbonyl (C=O) groups excluding carboxylic acids is 2. The Balaban J connectivity index is 2.16. The molecule has 0 bridgehead atoms. The van der Waals surface area contributed by atoms with Crippen LogP contribution in [0.5, 0.6) is 0 Å². The van der Waals surface area contributed by atoms with Gasteiger partial charge in [-0.15, -0.1) is 0 Å². The van der Waals surface area contributed by atoms with E-state index in [9.17, 15) is 9.59 Å². The van der Waals surface area contributed by atoms with Gasteiger partial charge in [0.25, 0.3) is 0 Å². The summed E-state index contributed by atoms with van der Waals surface area (Å²) in [6, 6.07) is 1.68. The van der Waals surface area contributed by atoms with E-state index in [-0.39, 0.29) is 13.0 Å². The molecular weight excluding hydrogens is 334 g/mol. The number of rotatable bonds is 7. The van der Waals surface area contributed by atoms with Crippen molar-refractivity contribution in [1.82, 2.24) is 20.2 Å². The van der Waals surface area contributed by atoms with Crippen molar-refractivity contribution in [3.05, 3.63) is 23.1 Å². The molecule has 26 heavy (non-hydrogen) atoms. The molecule has 0 aliphatic heterocycles. The van der Waals surface area contributed by atoms with Crippen LogP contribution in [0, 0.1) is 19.8 Å². The van der Waals surface area contributed by atoms with E-state index in [1.54, 1.807) is 13.0 Å². The van der Waals surface area contributed by atoms with Gasteiger partial charge in [-0.3, -0.25) is 19.7 Å². The molecule has 2 N–H and O–H groups in total. The number of hydrogen-bond acceptors (Lipinski definition) is 6. The Labute approximate surface area is 152 Å². The largest absolute Gasteiger partial charge is 0.466 e. The molecule has 0 aliphatic rings. The fourth-order valence-electron chi connectivity index (χ4n) is 2.53. The van der Waals surface area contributed by atoms with Crippen LogP contribution in [0.1, 0.15) is 44.3 Å². The van der Waals surface area contributed by atoms with Crippen LogP contribution in [-0.2, 0) is 20.7 Å². The monoisotopic (exact) mass is 359 g/mol. The molecule has 2 rings (SSSR count). The second kappa shape index (κ2) is 8.55. The number of aromatic nitrogens is 4. The molecule has 140 valence electrons. The van der Waals surface area contributed by atoms with Crippen LogP contribution in [-0.4, -0.2) is 38.6 Å². The summed E-state index contributed by atoms with van der Waals surface area (Å²) in [5, 5.41) is 9.54. The standard InChI is InChI=1S/C18H25N5O3/c1-6-26-17(25)9-16(24)21-15-8-14(22-23-15)18-12(5)19-11(4)13(20-18)7-10(2)3/h8,10H,6-7,9H2,1-5H3,(H2,21,22,23,24). The number of esters is 1. The Morgan fingerprint density at radius 2 is 1.96 bits per heavy atom. The van der Waals surface area contributed by atoms with E-state index >= 15 is 0 Å². The lowest BCUT2D eigenvalue weighted by atomic mass is 10.1. The van der Waals surface area contributed by atoms with Crippen molar-refractivity contribution in [3.8, 4) is 11.4 Å². The van der Waals surface area contributed by atoms with Crippen molar-refractivity contribution >= 4 is 17.7 Å². The van der Waals surface area contributed by atoms with E-state index in [1.165, 1.54) is 0 Å². The minimum atomic E-state index is -0.566. The number of carbonyl (C=O) groups is 2. The molecule has 2 heterocycles. The molecule has 0 unspecified atom stereocenters. The van der Waals surface area contributed by atoms with Gasteiger partial charge in [0.15, 0.2) is 0 Å². The maximum Gasteiger partial charge on any atom is 0.315 e. The van der Waals surface area contributed by atoms with Gasteiger partial charge in [-0.1, -0.05) is 13.8 Å². The summed E-state index contributed by atoms with van der Waals surface area (Å²) in [6.45, 7) is 10.0. The highest BCUT2D eigenvalue weighted by Gasteiger charge is 2.16. The first-order chi connectivity index (χ1) is 12.3. The molecule has 2 aromatic rings. The van der Waals surface area contributed by atoms with Crippen molar-refractivity contribution in [2.45, 2.75) is 47.5 Å². The van der Waals surface area contributed by atoms with Gasteiger partial charge >= 0.3 is 5.97 Å². The zero-order valence-corrected chi connectivity index (χ0v) is 15.8. The summed E-state index contributed by atoms with van der Waals surface area (Å²) in [5.41, 5.74) is 3.89. The van der Waals surface area contributed by atoms with Crippen LogP contribution >= 0.6 is 0 Å². The molecule has 0 radical (unpaired) electrons. The number of hydrogen-bond donors (Lipinski definition) is 2. The van der Waals surface area contributed by atoms with Gasteiger partial charge in [-0.05, 0) is 33.1 Å². The SMILES string of the molecule is CCOC(=O)CC(=O)Nc1cc(-c2nc(CC(C)C)c(C)nc2C)n[nH]1. The second-order valence-corrected chi connectivity index (χ2v) is 6.48. The minimum Gasteiger partial charge on any atom is -0.466 e. The summed E-state index contributed by atoms with van der Waals surface area (Å²) in [7, 11) is 0. The third kappa shape index (κ3) is 5.11. The Morgan fingerprint density at radius 1 is 1.23 bits per heavy atom. The molecule has 0 saturated heterocycles. The lowest BCUT2D eigenvalue weighted by Gasteiger charge is -2.10. The van der Waals surface area contributed by atoms with Gasteiger partial charge < -0.3 is 10.1 Å². The van der Waals surface area contributed by atoms with Crippen molar-refractivity contribution in [3.63, 3.8) is 0 Å². The average molecular weight is 359 g/mol. The molecule has 0 fully saturated rings. The highest BCUT2D eigenvalue weighted by atomic mass is 16.5. The molecule has 0 spiro atoms. The molecule has 1 amide bonds. The third-order valence-corrected chi connectivity index (χ3v) is 3.65. The van der Waals surface area contributed by atoms with Crippen molar-refractivity contribution in [1.29, 1.82) is 0 Å². The number of H-pyrrole nitrogens is 1. The van der Waals surface area contributed by atoms with E-state index in [0.29, 0.717) is 23.1 Å². The predicted octanol–water partition coefficient (Wildman–Crippen LogP) is 2.57. The third-order valence-electron chi connectivity index (χ3n) is 3.65. The second-order valence-electron chi connectivity index (χ2n) is 6.48. The van der Waals surface area contributed by atoms with Crippen LogP contribution in [0.15, 0.2) is 6.07 Å². The number of ether oxygens (including phenoxy) is 1. The minimum absolute atomic E-state index is 0.240. The Hall–Kier alpha value is -2.77. The van der Waals surface area contributed by atoms with Gasteiger partial charge in [0.05, 0.1) is 23.7 Å². The number of aromatic amines is 1. The van der Waals surface area contributed by atoms with Crippen LogP contribution in [0.4, 0.5) is 5.82 Å². The lowest BCUT2D eigenvalue weighted by Crippen LogP contribution is -2.18. The number of anilines is 1. The van der Waals surface area contributed by atoms with Crippen molar-refractivity contribution in [2.75, 3.05) is 11.9 Å². The number of aryl methyl sites for hydroxylation is 2. The van der Waals surface area contributed by atoms with E-state index < -0.39 is 11.9 Å². The van der Waals surface area contributed by atoms with E-state index in [0.717, 1.165) is 23.5 Å². The zero-order chi connectivity index (χ0) is 19.3. The highest BCUT2D eigenvalue weighted by molar-refractivity contribution is 6.01. The number of nitrogens with one attached hydrogen (secondary N) is 2. The molecule has 0 aliphatic carbocycles. The van der Waals surface area contributed by atoms with Gasteiger partial charge in [0.2, 0.25) is 5.91 Å². The molecule has 2 aromatic heterocycles. The first-order valence-electron chi connectivity index (χ1n) is 8.65. The zero-order valence-electron chi connectivity index (χ0n) is 15.8. The smallest absolute Gasteiger partial charge is 0.315 e. The van der Waals surface area contributed by atoms with Gasteiger partial charge in [-0.25, -0.2) is 4.98 Å². The molecule has 0 atom stereocenters. The molecule has 0 aromatic carbocycles. The Kier molecular flexibility index (Phi) is 6.43. The summed E-state index contributed by atoms with van der Waals surface area (Å²) < 4.78 is 4.75. The van der Waals surface area contributed by atoms with Crippen LogP contribution < -0.4 is 5.32 Å². The van der Waals surface area contributed by atoms with Crippen LogP contribution in [0.3, 0.4) is 0 Å². The van der Waals surface area contributed by atoms with E-state index in [1.807, 2.05) is 13.8 Å². The average Bonchev–Trinajstić information content (AvgIpc) is 2.97. The first-order valence-corrected chi connectivity index (χ1v) is 8.65. The summed E-state index contributed by atoms with van der Waals surface area (Å²) >= 11 is 0. The molecular formula is C18H25N5O3. The maximum atomic E-state index is 11.8. The maximum absolute atomic E-state index is 11.8. The van der Waals surface area contributed by atoms with Crippen molar-refractivity contribution < 1.29 is 14.3 Å². The summed E-state index contributed by atoms with van der Waals surface area (Å²) in [5.74, 6) is -0.175. The van der Waals surface area contributed by atoms with Gasteiger partial charge in [0.1, 0.15) is 23.6 Å². The van der Waals surface area contributed by atoms with Crippen molar-refractivity contribution in [2.24, 2.45) is 5.92 Å². The molecule has 8 heteroatoms. The predicted molar refractivity (Wildman–Crippen MR) is 97.5 cm³/mol. The normalized spacial score (nSPS) is 10.8. The van der Waals surface area contributed by atoms with E-state index in [4.69, 9.17) is 9.72 Å². The topological polar surface area (TPSA) is 110 Å². The quantitative estimate of drug-likeness (QED) is 0.581. The van der Waals surface area contributed by atoms with Gasteiger partial charge in [-0.2, -0.15) is 5.10 Å². The van der Waals surface area contributed by atoms with E-state index in [2.05, 4.69) is 34.3 Å². The van der Waals surface area contributed by atoms with Crippen LogP contribution in [0.25, 0.3) is 11.4 Å². The lowest BCUT2D eigenvalue weighted by molar-refractivity contribution is -0.145. The number of nitrogens with zero attached hydrogens (tertiary/aromatic N) is 3. The molecule has 8 nitrogen and oxygen atoms in total. The highest BCUT2D eigenvalue weighted by Crippen LogP contribution is 2.23. The Morgan fingerprint density at radius 3 is 2.62 bits per heavy atom. The Bertz CT molecular complexity index is 798. The fraction of sp³-hybridized carbons (Fsp3) is 0.500.